The second kappa shape index (κ2) is 6.31. The fraction of sp³-hybridized carbons (Fsp3) is 0.188. The van der Waals surface area contributed by atoms with Crippen LogP contribution in [0, 0.1) is 6.92 Å². The highest BCUT2D eigenvalue weighted by Crippen LogP contribution is 2.36. The molecule has 0 aliphatic heterocycles. The molecule has 0 amide bonds. The van der Waals surface area contributed by atoms with Gasteiger partial charge in [0.1, 0.15) is 0 Å². The van der Waals surface area contributed by atoms with E-state index in [4.69, 9.17) is 16.0 Å². The molecule has 0 spiro atoms. The van der Waals surface area contributed by atoms with Gasteiger partial charge in [0.25, 0.3) is 10.0 Å². The van der Waals surface area contributed by atoms with Gasteiger partial charge in [0, 0.05) is 18.8 Å². The van der Waals surface area contributed by atoms with E-state index in [2.05, 4.69) is 4.72 Å². The third-order valence-corrected chi connectivity index (χ3v) is 5.76. The minimum atomic E-state index is -4.74. The SMILES string of the molecule is Cc1cc2c(cc1S(=O)(=O)Nc1ccc(Cl)c(C(F)(F)F)c1)oc(=O)n2C. The lowest BCUT2D eigenvalue weighted by atomic mass is 10.2. The minimum Gasteiger partial charge on any atom is -0.408 e. The lowest BCUT2D eigenvalue weighted by molar-refractivity contribution is -0.137. The molecular formula is C16H12ClF3N2O4S. The molecule has 0 saturated carbocycles. The molecule has 2 aromatic carbocycles. The molecular weight excluding hydrogens is 409 g/mol. The summed E-state index contributed by atoms with van der Waals surface area (Å²) < 4.78 is 72.4. The van der Waals surface area contributed by atoms with E-state index in [0.29, 0.717) is 11.6 Å². The standard InChI is InChI=1S/C16H12ClF3N2O4S/c1-8-5-12-13(26-15(23)22(12)2)7-14(8)27(24,25)21-9-3-4-11(17)10(6-9)16(18,19)20/h3-7,21H,1-2H3. The van der Waals surface area contributed by atoms with Crippen molar-refractivity contribution in [3.8, 4) is 0 Å². The van der Waals surface area contributed by atoms with Crippen LogP contribution in [0.2, 0.25) is 5.02 Å². The average molecular weight is 421 g/mol. The van der Waals surface area contributed by atoms with E-state index in [1.165, 1.54) is 24.6 Å². The Bertz CT molecular complexity index is 1210. The van der Waals surface area contributed by atoms with E-state index < -0.39 is 32.5 Å². The maximum atomic E-state index is 13.0. The molecule has 1 aromatic heterocycles. The van der Waals surface area contributed by atoms with Crippen molar-refractivity contribution in [3.05, 3.63) is 57.0 Å². The second-order valence-corrected chi connectivity index (χ2v) is 7.87. The van der Waals surface area contributed by atoms with Crippen LogP contribution in [-0.2, 0) is 23.2 Å². The van der Waals surface area contributed by atoms with Gasteiger partial charge in [-0.05, 0) is 36.8 Å². The van der Waals surface area contributed by atoms with E-state index in [1.54, 1.807) is 0 Å². The Kier molecular flexibility index (Phi) is 4.51. The van der Waals surface area contributed by atoms with Gasteiger partial charge in [-0.1, -0.05) is 11.6 Å². The number of nitrogens with one attached hydrogen (secondary N) is 1. The third kappa shape index (κ3) is 3.54. The second-order valence-electron chi connectivity index (χ2n) is 5.81. The zero-order valence-corrected chi connectivity index (χ0v) is 15.5. The highest BCUT2D eigenvalue weighted by molar-refractivity contribution is 7.92. The maximum absolute atomic E-state index is 13.0. The largest absolute Gasteiger partial charge is 0.419 e. The summed E-state index contributed by atoms with van der Waals surface area (Å²) in [7, 11) is -2.78. The summed E-state index contributed by atoms with van der Waals surface area (Å²) in [5.74, 6) is -0.667. The summed E-state index contributed by atoms with van der Waals surface area (Å²) in [4.78, 5) is 11.3. The van der Waals surface area contributed by atoms with Crippen molar-refractivity contribution in [1.82, 2.24) is 4.57 Å². The molecule has 0 saturated heterocycles. The summed E-state index contributed by atoms with van der Waals surface area (Å²) in [5, 5.41) is -0.547. The lowest BCUT2D eigenvalue weighted by Gasteiger charge is -2.14. The van der Waals surface area contributed by atoms with Crippen LogP contribution in [-0.4, -0.2) is 13.0 Å². The van der Waals surface area contributed by atoms with E-state index >= 15 is 0 Å². The van der Waals surface area contributed by atoms with Crippen LogP contribution < -0.4 is 10.5 Å². The molecule has 11 heteroatoms. The number of halogens is 4. The molecule has 0 aliphatic rings. The number of fused-ring (bicyclic) bond motifs is 1. The third-order valence-electron chi connectivity index (χ3n) is 3.90. The normalized spacial score (nSPS) is 12.5. The Hall–Kier alpha value is -2.46. The Balaban J connectivity index is 2.07. The Morgan fingerprint density at radius 1 is 1.19 bits per heavy atom. The van der Waals surface area contributed by atoms with Crippen LogP contribution in [0.4, 0.5) is 18.9 Å². The van der Waals surface area contributed by atoms with Gasteiger partial charge in [-0.25, -0.2) is 13.2 Å². The van der Waals surface area contributed by atoms with E-state index in [-0.39, 0.29) is 21.7 Å². The molecule has 1 N–H and O–H groups in total. The summed E-state index contributed by atoms with van der Waals surface area (Å²) in [6.07, 6.45) is -4.74. The summed E-state index contributed by atoms with van der Waals surface area (Å²) >= 11 is 5.54. The number of anilines is 1. The number of hydrogen-bond acceptors (Lipinski definition) is 4. The van der Waals surface area contributed by atoms with Gasteiger partial charge in [-0.2, -0.15) is 13.2 Å². The molecule has 3 rings (SSSR count). The Morgan fingerprint density at radius 2 is 1.85 bits per heavy atom. The van der Waals surface area contributed by atoms with Crippen molar-refractivity contribution in [2.24, 2.45) is 7.05 Å². The highest BCUT2D eigenvalue weighted by atomic mass is 35.5. The maximum Gasteiger partial charge on any atom is 0.419 e. The van der Waals surface area contributed by atoms with Gasteiger partial charge in [0.2, 0.25) is 0 Å². The van der Waals surface area contributed by atoms with Crippen molar-refractivity contribution < 1.29 is 26.0 Å². The molecule has 0 atom stereocenters. The molecule has 144 valence electrons. The fourth-order valence-electron chi connectivity index (χ4n) is 2.56. The predicted molar refractivity (Wildman–Crippen MR) is 93.5 cm³/mol. The molecule has 27 heavy (non-hydrogen) atoms. The zero-order valence-electron chi connectivity index (χ0n) is 13.9. The van der Waals surface area contributed by atoms with E-state index in [9.17, 15) is 26.4 Å². The molecule has 0 aliphatic carbocycles. The van der Waals surface area contributed by atoms with Crippen LogP contribution >= 0.6 is 11.6 Å². The first-order valence-electron chi connectivity index (χ1n) is 7.40. The van der Waals surface area contributed by atoms with Gasteiger partial charge >= 0.3 is 11.9 Å². The molecule has 3 aromatic rings. The first-order chi connectivity index (χ1) is 12.4. The molecule has 1 heterocycles. The van der Waals surface area contributed by atoms with E-state index in [0.717, 1.165) is 18.2 Å². The first kappa shape index (κ1) is 19.3. The molecule has 0 bridgehead atoms. The fourth-order valence-corrected chi connectivity index (χ4v) is 4.08. The summed E-state index contributed by atoms with van der Waals surface area (Å²) in [6.45, 7) is 1.49. The van der Waals surface area contributed by atoms with Crippen LogP contribution in [0.3, 0.4) is 0 Å². The van der Waals surface area contributed by atoms with Gasteiger partial charge in [-0.3, -0.25) is 9.29 Å². The molecule has 0 fully saturated rings. The number of aryl methyl sites for hydroxylation is 2. The number of rotatable bonds is 3. The first-order valence-corrected chi connectivity index (χ1v) is 9.26. The molecule has 0 unspecified atom stereocenters. The Labute approximate surface area is 156 Å². The van der Waals surface area contributed by atoms with Gasteiger partial charge in [-0.15, -0.1) is 0 Å². The number of oxazole rings is 1. The van der Waals surface area contributed by atoms with Crippen molar-refractivity contribution in [2.45, 2.75) is 18.0 Å². The average Bonchev–Trinajstić information content (AvgIpc) is 2.82. The number of alkyl halides is 3. The van der Waals surface area contributed by atoms with Crippen molar-refractivity contribution in [1.29, 1.82) is 0 Å². The van der Waals surface area contributed by atoms with E-state index in [1.807, 2.05) is 0 Å². The smallest absolute Gasteiger partial charge is 0.408 e. The number of nitrogens with zero attached hydrogens (tertiary/aromatic N) is 1. The van der Waals surface area contributed by atoms with Crippen molar-refractivity contribution >= 4 is 38.4 Å². The van der Waals surface area contributed by atoms with Crippen LogP contribution in [0.5, 0.6) is 0 Å². The van der Waals surface area contributed by atoms with Gasteiger partial charge < -0.3 is 4.42 Å². The number of hydrogen-bond donors (Lipinski definition) is 1. The van der Waals surface area contributed by atoms with Crippen LogP contribution in [0.15, 0.2) is 44.4 Å². The summed E-state index contributed by atoms with van der Waals surface area (Å²) in [5.41, 5.74) is -0.745. The molecule has 0 radical (unpaired) electrons. The van der Waals surface area contributed by atoms with Crippen molar-refractivity contribution in [3.63, 3.8) is 0 Å². The number of benzene rings is 2. The monoisotopic (exact) mass is 420 g/mol. The topological polar surface area (TPSA) is 81.3 Å². The molecule has 6 nitrogen and oxygen atoms in total. The zero-order chi connectivity index (χ0) is 20.1. The number of aromatic nitrogens is 1. The Morgan fingerprint density at radius 3 is 2.48 bits per heavy atom. The van der Waals surface area contributed by atoms with Crippen molar-refractivity contribution in [2.75, 3.05) is 4.72 Å². The van der Waals surface area contributed by atoms with Gasteiger partial charge in [0.15, 0.2) is 5.58 Å². The predicted octanol–water partition coefficient (Wildman–Crippen LogP) is 3.91. The van der Waals surface area contributed by atoms with Crippen LogP contribution in [0.1, 0.15) is 11.1 Å². The highest BCUT2D eigenvalue weighted by Gasteiger charge is 2.33. The number of sulfonamides is 1. The van der Waals surface area contributed by atoms with Gasteiger partial charge in [0.05, 0.1) is 21.0 Å². The van der Waals surface area contributed by atoms with Crippen LogP contribution in [0.25, 0.3) is 11.1 Å². The quantitative estimate of drug-likeness (QED) is 0.696. The minimum absolute atomic E-state index is 0.0422. The lowest BCUT2D eigenvalue weighted by Crippen LogP contribution is -2.15. The summed E-state index contributed by atoms with van der Waals surface area (Å²) in [6, 6.07) is 5.27.